The van der Waals surface area contributed by atoms with Gasteiger partial charge in [-0.25, -0.2) is 8.42 Å². The fourth-order valence-corrected chi connectivity index (χ4v) is 5.84. The van der Waals surface area contributed by atoms with E-state index in [1.165, 1.54) is 54.6 Å². The van der Waals surface area contributed by atoms with E-state index in [1.807, 2.05) is 0 Å². The number of aryl methyl sites for hydroxylation is 1. The monoisotopic (exact) mass is 620 g/mol. The summed E-state index contributed by atoms with van der Waals surface area (Å²) in [6, 6.07) is 12.2. The molecule has 2 unspecified atom stereocenters. The molecule has 0 aromatic heterocycles. The highest BCUT2D eigenvalue weighted by Crippen LogP contribution is 2.58. The Kier molecular flexibility index (Phi) is 8.94. The first-order valence-electron chi connectivity index (χ1n) is 11.8. The summed E-state index contributed by atoms with van der Waals surface area (Å²) in [7, 11) is -6.88. The zero-order chi connectivity index (χ0) is 30.3. The van der Waals surface area contributed by atoms with E-state index in [-0.39, 0.29) is 23.7 Å². The molecule has 0 amide bonds. The highest BCUT2D eigenvalue weighted by Gasteiger charge is 2.84. The number of hydrogen-bond donors (Lipinski definition) is 0. The van der Waals surface area contributed by atoms with Crippen molar-refractivity contribution in [3.05, 3.63) is 76.2 Å². The van der Waals surface area contributed by atoms with Crippen LogP contribution in [0.5, 0.6) is 0 Å². The van der Waals surface area contributed by atoms with Crippen LogP contribution in [0.15, 0.2) is 59.5 Å². The van der Waals surface area contributed by atoms with Gasteiger partial charge in [-0.3, -0.25) is 0 Å². The van der Waals surface area contributed by atoms with Crippen LogP contribution in [-0.2, 0) is 19.3 Å². The maximum absolute atomic E-state index is 15.3. The molecule has 2 aromatic rings. The summed E-state index contributed by atoms with van der Waals surface area (Å²) < 4.78 is 152. The van der Waals surface area contributed by atoms with Gasteiger partial charge in [-0.2, -0.15) is 35.1 Å². The van der Waals surface area contributed by atoms with Gasteiger partial charge in [0, 0.05) is 17.9 Å². The van der Waals surface area contributed by atoms with Crippen molar-refractivity contribution in [1.29, 1.82) is 0 Å². The second-order valence-corrected chi connectivity index (χ2v) is 12.1. The van der Waals surface area contributed by atoms with Gasteiger partial charge in [0.15, 0.2) is 0 Å². The lowest BCUT2D eigenvalue weighted by molar-refractivity contribution is -0.326. The largest absolute Gasteiger partial charge is 0.463 e. The first-order chi connectivity index (χ1) is 18.3. The second-order valence-electron chi connectivity index (χ2n) is 9.70. The standard InChI is InChI=1S/C26H25ClF8O4S/c1-15(2)14-38-20-13-19(17-11-9-16(3)10-12-17)22(21(39-20)18-7-5-4-6-8-18)40(36,37)26(34,35)24(30,31)23(28,29)25(27,32)33/h4-12,15,19-20H,13-14H2,1-3H3. The van der Waals surface area contributed by atoms with Crippen molar-refractivity contribution >= 4 is 27.2 Å². The third-order valence-electron chi connectivity index (χ3n) is 6.09. The number of benzene rings is 2. The van der Waals surface area contributed by atoms with Gasteiger partial charge < -0.3 is 9.47 Å². The van der Waals surface area contributed by atoms with Crippen molar-refractivity contribution in [2.45, 2.75) is 61.9 Å². The zero-order valence-electron chi connectivity index (χ0n) is 21.3. The summed E-state index contributed by atoms with van der Waals surface area (Å²) in [6.07, 6.45) is -1.78. The zero-order valence-corrected chi connectivity index (χ0v) is 22.9. The molecule has 0 radical (unpaired) electrons. The predicted octanol–water partition coefficient (Wildman–Crippen LogP) is 7.98. The minimum absolute atomic E-state index is 0.0209. The van der Waals surface area contributed by atoms with Gasteiger partial charge in [0.25, 0.3) is 9.84 Å². The lowest BCUT2D eigenvalue weighted by atomic mass is 9.91. The minimum atomic E-state index is -7.15. The topological polar surface area (TPSA) is 52.6 Å². The van der Waals surface area contributed by atoms with Gasteiger partial charge in [-0.05, 0) is 30.0 Å². The first-order valence-corrected chi connectivity index (χ1v) is 13.7. The quantitative estimate of drug-likeness (QED) is 0.200. The van der Waals surface area contributed by atoms with Crippen molar-refractivity contribution in [2.75, 3.05) is 6.61 Å². The van der Waals surface area contributed by atoms with Crippen LogP contribution in [-0.4, -0.2) is 43.8 Å². The first kappa shape index (κ1) is 32.1. The molecule has 1 heterocycles. The third-order valence-corrected chi connectivity index (χ3v) is 8.31. The van der Waals surface area contributed by atoms with Crippen LogP contribution >= 0.6 is 11.6 Å². The molecule has 1 aliphatic rings. The van der Waals surface area contributed by atoms with Crippen LogP contribution in [0, 0.1) is 12.8 Å². The van der Waals surface area contributed by atoms with E-state index < -0.39 is 61.6 Å². The van der Waals surface area contributed by atoms with Crippen LogP contribution in [0.4, 0.5) is 35.1 Å². The van der Waals surface area contributed by atoms with Crippen molar-refractivity contribution in [2.24, 2.45) is 5.92 Å². The summed E-state index contributed by atoms with van der Waals surface area (Å²) in [5.74, 6) is -16.7. The Balaban J connectivity index is 2.35. The number of allylic oxidation sites excluding steroid dienone is 1. The van der Waals surface area contributed by atoms with Crippen LogP contribution in [0.25, 0.3) is 5.76 Å². The SMILES string of the molecule is Cc1ccc(C2CC(OCC(C)C)OC(c3ccccc3)=C2S(=O)(=O)C(F)(F)C(F)(F)C(F)(F)C(F)(F)Cl)cc1. The van der Waals surface area contributed by atoms with E-state index >= 15 is 8.78 Å². The highest BCUT2D eigenvalue weighted by molar-refractivity contribution is 7.96. The van der Waals surface area contributed by atoms with Crippen molar-refractivity contribution in [1.82, 2.24) is 0 Å². The number of ether oxygens (including phenoxy) is 2. The van der Waals surface area contributed by atoms with Gasteiger partial charge in [0.1, 0.15) is 10.7 Å². The molecule has 0 bridgehead atoms. The molecule has 2 atom stereocenters. The van der Waals surface area contributed by atoms with Gasteiger partial charge in [0.2, 0.25) is 6.29 Å². The molecule has 1 aliphatic heterocycles. The van der Waals surface area contributed by atoms with Crippen LogP contribution in [0.2, 0.25) is 0 Å². The van der Waals surface area contributed by atoms with Crippen molar-refractivity contribution < 1.29 is 53.0 Å². The fraction of sp³-hybridized carbons (Fsp3) is 0.462. The molecular formula is C26H25ClF8O4S. The maximum atomic E-state index is 15.3. The molecule has 40 heavy (non-hydrogen) atoms. The van der Waals surface area contributed by atoms with Crippen LogP contribution in [0.1, 0.15) is 42.9 Å². The van der Waals surface area contributed by atoms with E-state index in [0.717, 1.165) is 0 Å². The van der Waals surface area contributed by atoms with E-state index in [9.17, 15) is 34.8 Å². The normalized spacial score (nSPS) is 19.6. The van der Waals surface area contributed by atoms with Gasteiger partial charge >= 0.3 is 22.5 Å². The average molecular weight is 621 g/mol. The van der Waals surface area contributed by atoms with Crippen LogP contribution in [0.3, 0.4) is 0 Å². The lowest BCUT2D eigenvalue weighted by Crippen LogP contribution is -2.63. The van der Waals surface area contributed by atoms with Crippen molar-refractivity contribution in [3.63, 3.8) is 0 Å². The Morgan fingerprint density at radius 2 is 1.48 bits per heavy atom. The van der Waals surface area contributed by atoms with E-state index in [0.29, 0.717) is 5.56 Å². The number of sulfone groups is 1. The molecule has 0 N–H and O–H groups in total. The smallest absolute Gasteiger partial charge is 0.417 e. The number of halogens is 9. The molecule has 0 spiro atoms. The molecule has 0 aliphatic carbocycles. The van der Waals surface area contributed by atoms with E-state index in [2.05, 4.69) is 11.6 Å². The highest BCUT2D eigenvalue weighted by atomic mass is 35.5. The predicted molar refractivity (Wildman–Crippen MR) is 132 cm³/mol. The summed E-state index contributed by atoms with van der Waals surface area (Å²) in [5.41, 5.74) is 0.498. The third kappa shape index (κ3) is 5.69. The molecule has 3 rings (SSSR count). The average Bonchev–Trinajstić information content (AvgIpc) is 2.86. The minimum Gasteiger partial charge on any atom is -0.463 e. The summed E-state index contributed by atoms with van der Waals surface area (Å²) in [4.78, 5) is -1.50. The molecular weight excluding hydrogens is 596 g/mol. The van der Waals surface area contributed by atoms with Gasteiger partial charge in [0.05, 0.1) is 6.61 Å². The Morgan fingerprint density at radius 3 is 1.98 bits per heavy atom. The molecule has 14 heteroatoms. The molecule has 4 nitrogen and oxygen atoms in total. The van der Waals surface area contributed by atoms with Gasteiger partial charge in [-0.1, -0.05) is 74.0 Å². The van der Waals surface area contributed by atoms with E-state index in [1.54, 1.807) is 20.8 Å². The molecule has 0 fully saturated rings. The Bertz CT molecular complexity index is 1320. The number of alkyl halides is 9. The number of hydrogen-bond acceptors (Lipinski definition) is 4. The molecule has 222 valence electrons. The molecule has 0 saturated heterocycles. The Labute approximate surface area is 230 Å². The summed E-state index contributed by atoms with van der Waals surface area (Å²) >= 11 is 4.05. The molecule has 0 saturated carbocycles. The maximum Gasteiger partial charge on any atom is 0.417 e. The lowest BCUT2D eigenvalue weighted by Gasteiger charge is -2.38. The van der Waals surface area contributed by atoms with Gasteiger partial charge in [-0.15, -0.1) is 0 Å². The number of rotatable bonds is 10. The Hall–Kier alpha value is -2.38. The summed E-state index contributed by atoms with van der Waals surface area (Å²) in [5, 5.41) is -13.0. The van der Waals surface area contributed by atoms with Crippen LogP contribution < -0.4 is 0 Å². The van der Waals surface area contributed by atoms with E-state index in [4.69, 9.17) is 9.47 Å². The molecule has 2 aromatic carbocycles. The fourth-order valence-electron chi connectivity index (χ4n) is 3.96. The summed E-state index contributed by atoms with van der Waals surface area (Å²) in [6.45, 7) is 5.29. The Morgan fingerprint density at radius 1 is 0.925 bits per heavy atom. The second kappa shape index (κ2) is 11.1. The van der Waals surface area contributed by atoms with Crippen molar-refractivity contribution in [3.8, 4) is 0 Å².